The zero-order chi connectivity index (χ0) is 17.3. The van der Waals surface area contributed by atoms with Crippen LogP contribution in [0.5, 0.6) is 0 Å². The number of carbonyl (C=O) groups is 1. The maximum atomic E-state index is 13.2. The van der Waals surface area contributed by atoms with Crippen LogP contribution < -0.4 is 0 Å². The second kappa shape index (κ2) is 5.56. The van der Waals surface area contributed by atoms with Gasteiger partial charge in [0, 0.05) is 12.3 Å². The number of Topliss-reactive ketones (excluding diaryl/α,β-unsaturated/α-hetero) is 1. The van der Waals surface area contributed by atoms with Crippen molar-refractivity contribution in [3.05, 3.63) is 0 Å². The van der Waals surface area contributed by atoms with Crippen LogP contribution in [0.2, 0.25) is 0 Å². The second-order valence-electron chi connectivity index (χ2n) is 10.5. The zero-order valence-electron chi connectivity index (χ0n) is 16.1. The van der Waals surface area contributed by atoms with Crippen LogP contribution in [0.15, 0.2) is 0 Å². The van der Waals surface area contributed by atoms with E-state index >= 15 is 0 Å². The molecule has 4 aliphatic rings. The summed E-state index contributed by atoms with van der Waals surface area (Å²) in [5.41, 5.74) is 0.692. The molecule has 0 bridgehead atoms. The highest BCUT2D eigenvalue weighted by Crippen LogP contribution is 2.67. The normalized spacial score (nSPS) is 54.3. The van der Waals surface area contributed by atoms with Gasteiger partial charge >= 0.3 is 0 Å². The third-order valence-corrected chi connectivity index (χ3v) is 9.32. The van der Waals surface area contributed by atoms with Crippen molar-refractivity contribution in [2.75, 3.05) is 0 Å². The van der Waals surface area contributed by atoms with Gasteiger partial charge in [-0.3, -0.25) is 4.79 Å². The van der Waals surface area contributed by atoms with Crippen molar-refractivity contribution in [3.63, 3.8) is 0 Å². The average Bonchev–Trinajstić information content (AvgIpc) is 2.86. The summed E-state index contributed by atoms with van der Waals surface area (Å²) in [6, 6.07) is 0. The molecule has 0 heterocycles. The molecule has 2 nitrogen and oxygen atoms in total. The Balaban J connectivity index is 1.66. The first-order chi connectivity index (χ1) is 11.3. The minimum atomic E-state index is -0.168. The van der Waals surface area contributed by atoms with Gasteiger partial charge in [0.15, 0.2) is 0 Å². The van der Waals surface area contributed by atoms with E-state index in [1.54, 1.807) is 0 Å². The first-order valence-corrected chi connectivity index (χ1v) is 10.5. The van der Waals surface area contributed by atoms with Gasteiger partial charge in [-0.2, -0.15) is 0 Å². The summed E-state index contributed by atoms with van der Waals surface area (Å²) in [5.74, 6) is 4.06. The van der Waals surface area contributed by atoms with E-state index in [2.05, 4.69) is 27.7 Å². The quantitative estimate of drug-likeness (QED) is 0.746. The van der Waals surface area contributed by atoms with E-state index in [0.717, 1.165) is 37.5 Å². The molecule has 0 spiro atoms. The molecule has 0 aliphatic heterocycles. The molecule has 2 heteroatoms. The van der Waals surface area contributed by atoms with Crippen LogP contribution in [-0.4, -0.2) is 17.0 Å². The summed E-state index contributed by atoms with van der Waals surface area (Å²) >= 11 is 0. The largest absolute Gasteiger partial charge is 0.393 e. The first-order valence-electron chi connectivity index (χ1n) is 10.5. The highest BCUT2D eigenvalue weighted by atomic mass is 16.3. The molecule has 1 N–H and O–H groups in total. The van der Waals surface area contributed by atoms with E-state index in [1.165, 1.54) is 25.7 Å². The number of aliphatic hydroxyl groups is 1. The Kier molecular flexibility index (Phi) is 3.95. The Morgan fingerprint density at radius 3 is 2.38 bits per heavy atom. The Morgan fingerprint density at radius 1 is 1.00 bits per heavy atom. The molecule has 0 aromatic heterocycles. The zero-order valence-corrected chi connectivity index (χ0v) is 16.1. The number of hydrogen-bond acceptors (Lipinski definition) is 2. The molecule has 24 heavy (non-hydrogen) atoms. The van der Waals surface area contributed by atoms with Gasteiger partial charge in [0.05, 0.1) is 6.10 Å². The van der Waals surface area contributed by atoms with E-state index in [1.807, 2.05) is 0 Å². The highest BCUT2D eigenvalue weighted by Gasteiger charge is 2.62. The Morgan fingerprint density at radius 2 is 1.67 bits per heavy atom. The van der Waals surface area contributed by atoms with Gasteiger partial charge < -0.3 is 5.11 Å². The van der Waals surface area contributed by atoms with Crippen LogP contribution in [-0.2, 0) is 4.79 Å². The van der Waals surface area contributed by atoms with Crippen molar-refractivity contribution in [3.8, 4) is 0 Å². The molecule has 136 valence electrons. The Hall–Kier alpha value is -0.370. The van der Waals surface area contributed by atoms with Gasteiger partial charge in [0.25, 0.3) is 0 Å². The smallest absolute Gasteiger partial charge is 0.136 e. The summed E-state index contributed by atoms with van der Waals surface area (Å²) in [7, 11) is 0. The van der Waals surface area contributed by atoms with Gasteiger partial charge in [-0.25, -0.2) is 0 Å². The maximum Gasteiger partial charge on any atom is 0.136 e. The molecule has 4 fully saturated rings. The van der Waals surface area contributed by atoms with E-state index in [0.29, 0.717) is 40.3 Å². The average molecular weight is 333 g/mol. The molecular weight excluding hydrogens is 296 g/mol. The van der Waals surface area contributed by atoms with Crippen molar-refractivity contribution in [1.29, 1.82) is 0 Å². The number of rotatable bonds is 1. The first kappa shape index (κ1) is 17.1. The summed E-state index contributed by atoms with van der Waals surface area (Å²) in [6.45, 7) is 9.74. The molecule has 0 aromatic rings. The van der Waals surface area contributed by atoms with Crippen molar-refractivity contribution in [2.45, 2.75) is 85.2 Å². The Labute approximate surface area is 147 Å². The van der Waals surface area contributed by atoms with Crippen molar-refractivity contribution >= 4 is 5.78 Å². The lowest BCUT2D eigenvalue weighted by Gasteiger charge is -2.60. The molecule has 0 saturated heterocycles. The van der Waals surface area contributed by atoms with Crippen molar-refractivity contribution < 1.29 is 9.90 Å². The summed E-state index contributed by atoms with van der Waals surface area (Å²) in [5, 5.41) is 10.1. The molecule has 4 saturated carbocycles. The molecule has 8 atom stereocenters. The molecule has 0 aromatic carbocycles. The lowest BCUT2D eigenvalue weighted by Crippen LogP contribution is -2.57. The van der Waals surface area contributed by atoms with Crippen molar-refractivity contribution in [2.24, 2.45) is 46.3 Å². The predicted octanol–water partition coefficient (Wildman–Crippen LogP) is 4.84. The molecule has 0 amide bonds. The van der Waals surface area contributed by atoms with Gasteiger partial charge in [-0.15, -0.1) is 0 Å². The van der Waals surface area contributed by atoms with Crippen molar-refractivity contribution in [1.82, 2.24) is 0 Å². The minimum Gasteiger partial charge on any atom is -0.393 e. The van der Waals surface area contributed by atoms with Crippen LogP contribution in [0, 0.1) is 46.3 Å². The third kappa shape index (κ3) is 2.20. The summed E-state index contributed by atoms with van der Waals surface area (Å²) in [6.07, 6.45) is 8.68. The molecular formula is C22H36O2. The van der Waals surface area contributed by atoms with Crippen LogP contribution in [0.25, 0.3) is 0 Å². The lowest BCUT2D eigenvalue weighted by atomic mass is 9.44. The van der Waals surface area contributed by atoms with E-state index < -0.39 is 0 Å². The SMILES string of the molecule is CC(C)[C@H]1CCC2C3C(=O)C[C@@H]4C[C@H](O)CC[C@]4(C)C3CC[C@@]21C. The fourth-order valence-corrected chi connectivity index (χ4v) is 8.04. The van der Waals surface area contributed by atoms with Gasteiger partial charge in [-0.05, 0) is 85.4 Å². The molecule has 4 rings (SSSR count). The van der Waals surface area contributed by atoms with Crippen LogP contribution >= 0.6 is 0 Å². The number of hydrogen-bond donors (Lipinski definition) is 1. The highest BCUT2D eigenvalue weighted by molar-refractivity contribution is 5.83. The van der Waals surface area contributed by atoms with Crippen LogP contribution in [0.3, 0.4) is 0 Å². The number of ketones is 1. The predicted molar refractivity (Wildman–Crippen MR) is 96.5 cm³/mol. The molecule has 4 aliphatic carbocycles. The maximum absolute atomic E-state index is 13.2. The number of aliphatic hydroxyl groups excluding tert-OH is 1. The fourth-order valence-electron chi connectivity index (χ4n) is 8.04. The number of carbonyl (C=O) groups excluding carboxylic acids is 1. The van der Waals surface area contributed by atoms with Crippen LogP contribution in [0.1, 0.15) is 79.1 Å². The van der Waals surface area contributed by atoms with Gasteiger partial charge in [-0.1, -0.05) is 27.7 Å². The number of fused-ring (bicyclic) bond motifs is 5. The standard InChI is InChI=1S/C22H36O2/c1-13(2)16-5-6-17-20-18(8-10-22(16,17)4)21(3)9-7-15(23)11-14(21)12-19(20)24/h13-18,20,23H,5-12H2,1-4H3/t14-,15+,16+,17?,18?,20?,21-,22+/m0/s1. The topological polar surface area (TPSA) is 37.3 Å². The van der Waals surface area contributed by atoms with Crippen LogP contribution in [0.4, 0.5) is 0 Å². The molecule has 0 radical (unpaired) electrons. The summed E-state index contributed by atoms with van der Waals surface area (Å²) in [4.78, 5) is 13.2. The minimum absolute atomic E-state index is 0.168. The monoisotopic (exact) mass is 332 g/mol. The second-order valence-corrected chi connectivity index (χ2v) is 10.5. The summed E-state index contributed by atoms with van der Waals surface area (Å²) < 4.78 is 0. The lowest BCUT2D eigenvalue weighted by molar-refractivity contribution is -0.160. The van der Waals surface area contributed by atoms with Gasteiger partial charge in [0.2, 0.25) is 0 Å². The van der Waals surface area contributed by atoms with Gasteiger partial charge in [0.1, 0.15) is 5.78 Å². The van der Waals surface area contributed by atoms with E-state index in [4.69, 9.17) is 0 Å². The molecule has 3 unspecified atom stereocenters. The van der Waals surface area contributed by atoms with E-state index in [-0.39, 0.29) is 6.10 Å². The fraction of sp³-hybridized carbons (Fsp3) is 0.955. The van der Waals surface area contributed by atoms with E-state index in [9.17, 15) is 9.90 Å². The Bertz CT molecular complexity index is 526. The third-order valence-electron chi connectivity index (χ3n) is 9.32.